The van der Waals surface area contributed by atoms with Gasteiger partial charge < -0.3 is 19.2 Å². The molecule has 1 atom stereocenters. The number of anilines is 1. The number of nitrogens with one attached hydrogen (secondary N) is 2. The lowest BCUT2D eigenvalue weighted by Gasteiger charge is -2.13. The van der Waals surface area contributed by atoms with Crippen molar-refractivity contribution < 1.29 is 18.7 Å². The molecular formula is C26H24ClN3O4S. The lowest BCUT2D eigenvalue weighted by atomic mass is 10.2. The minimum atomic E-state index is -0.321. The predicted octanol–water partition coefficient (Wildman–Crippen LogP) is 6.46. The number of carbonyl (C=O) groups excluding carboxylic acids is 1. The number of hydrogen-bond acceptors (Lipinski definition) is 6. The summed E-state index contributed by atoms with van der Waals surface area (Å²) in [6.45, 7) is 4.05. The van der Waals surface area contributed by atoms with Gasteiger partial charge in [0.2, 0.25) is 5.89 Å². The molecule has 0 spiro atoms. The van der Waals surface area contributed by atoms with Crippen molar-refractivity contribution in [1.82, 2.24) is 10.3 Å². The highest BCUT2D eigenvalue weighted by Crippen LogP contribution is 2.32. The molecule has 1 aromatic heterocycles. The fraction of sp³-hybridized carbons (Fsp3) is 0.192. The van der Waals surface area contributed by atoms with Crippen LogP contribution >= 0.6 is 23.8 Å². The molecule has 1 amide bonds. The molecule has 7 nitrogen and oxygen atoms in total. The Labute approximate surface area is 213 Å². The van der Waals surface area contributed by atoms with Gasteiger partial charge in [-0.25, -0.2) is 4.98 Å². The van der Waals surface area contributed by atoms with Crippen molar-refractivity contribution >= 4 is 51.6 Å². The van der Waals surface area contributed by atoms with E-state index < -0.39 is 0 Å². The number of methoxy groups -OCH3 is 1. The highest BCUT2D eigenvalue weighted by atomic mass is 35.5. The van der Waals surface area contributed by atoms with Gasteiger partial charge in [0.15, 0.2) is 10.7 Å². The Bertz CT molecular complexity index is 1370. The van der Waals surface area contributed by atoms with Crippen LogP contribution in [0.25, 0.3) is 22.6 Å². The average Bonchev–Trinajstić information content (AvgIpc) is 3.27. The minimum Gasteiger partial charge on any atom is -0.495 e. The van der Waals surface area contributed by atoms with Crippen LogP contribution in [0.15, 0.2) is 65.1 Å². The number of thiocarbonyl (C=S) groups is 1. The summed E-state index contributed by atoms with van der Waals surface area (Å²) in [7, 11) is 1.56. The molecule has 180 valence electrons. The van der Waals surface area contributed by atoms with Gasteiger partial charge in [-0.05, 0) is 86.2 Å². The van der Waals surface area contributed by atoms with Crippen LogP contribution in [0.1, 0.15) is 30.6 Å². The molecule has 4 rings (SSSR count). The van der Waals surface area contributed by atoms with Gasteiger partial charge in [-0.1, -0.05) is 18.5 Å². The number of halogens is 1. The number of benzene rings is 3. The molecule has 0 aliphatic rings. The molecule has 4 aromatic rings. The molecule has 0 fully saturated rings. The summed E-state index contributed by atoms with van der Waals surface area (Å²) >= 11 is 11.5. The summed E-state index contributed by atoms with van der Waals surface area (Å²) in [5.74, 6) is 1.40. The van der Waals surface area contributed by atoms with Gasteiger partial charge in [-0.15, -0.1) is 0 Å². The Balaban J connectivity index is 1.41. The first kappa shape index (κ1) is 24.5. The summed E-state index contributed by atoms with van der Waals surface area (Å²) in [5.41, 5.74) is 3.09. The van der Waals surface area contributed by atoms with Gasteiger partial charge in [0.1, 0.15) is 17.0 Å². The molecule has 1 heterocycles. The normalized spacial score (nSPS) is 11.7. The van der Waals surface area contributed by atoms with E-state index in [-0.39, 0.29) is 17.1 Å². The Morgan fingerprint density at radius 2 is 1.91 bits per heavy atom. The molecule has 9 heteroatoms. The number of ether oxygens (including phenoxy) is 2. The van der Waals surface area contributed by atoms with E-state index in [1.807, 2.05) is 13.0 Å². The summed E-state index contributed by atoms with van der Waals surface area (Å²) in [6, 6.07) is 17.6. The van der Waals surface area contributed by atoms with E-state index in [9.17, 15) is 4.79 Å². The Hall–Kier alpha value is -3.62. The first-order valence-corrected chi connectivity index (χ1v) is 11.8. The fourth-order valence-electron chi connectivity index (χ4n) is 3.27. The van der Waals surface area contributed by atoms with Crippen LogP contribution in [0.5, 0.6) is 11.5 Å². The molecule has 35 heavy (non-hydrogen) atoms. The number of aromatic nitrogens is 1. The molecular weight excluding hydrogens is 486 g/mol. The second kappa shape index (κ2) is 10.8. The molecule has 2 N–H and O–H groups in total. The molecule has 3 aromatic carbocycles. The van der Waals surface area contributed by atoms with Crippen molar-refractivity contribution in [1.29, 1.82) is 0 Å². The van der Waals surface area contributed by atoms with Crippen LogP contribution in [0, 0.1) is 0 Å². The summed E-state index contributed by atoms with van der Waals surface area (Å²) in [6.07, 6.45) is 1.01. The van der Waals surface area contributed by atoms with E-state index in [1.165, 1.54) is 0 Å². The van der Waals surface area contributed by atoms with Gasteiger partial charge in [-0.3, -0.25) is 10.1 Å². The van der Waals surface area contributed by atoms with Gasteiger partial charge in [0.05, 0.1) is 18.2 Å². The number of nitrogens with zero attached hydrogens (tertiary/aromatic N) is 1. The topological polar surface area (TPSA) is 85.6 Å². The van der Waals surface area contributed by atoms with Crippen molar-refractivity contribution in [2.24, 2.45) is 0 Å². The molecule has 0 unspecified atom stereocenters. The molecule has 0 radical (unpaired) electrons. The zero-order valence-electron chi connectivity index (χ0n) is 19.4. The maximum absolute atomic E-state index is 12.6. The lowest BCUT2D eigenvalue weighted by Crippen LogP contribution is -2.34. The molecule has 0 bridgehead atoms. The minimum absolute atomic E-state index is 0.110. The van der Waals surface area contributed by atoms with E-state index in [4.69, 9.17) is 37.7 Å². The van der Waals surface area contributed by atoms with E-state index in [0.29, 0.717) is 44.8 Å². The summed E-state index contributed by atoms with van der Waals surface area (Å²) < 4.78 is 16.8. The van der Waals surface area contributed by atoms with Crippen molar-refractivity contribution in [3.63, 3.8) is 0 Å². The number of fused-ring (bicyclic) bond motifs is 1. The molecule has 0 saturated heterocycles. The second-order valence-corrected chi connectivity index (χ2v) is 8.64. The number of oxazole rings is 1. The fourth-order valence-corrected chi connectivity index (χ4v) is 3.73. The quantitative estimate of drug-likeness (QED) is 0.276. The first-order chi connectivity index (χ1) is 16.9. The highest BCUT2D eigenvalue weighted by Gasteiger charge is 2.13. The van der Waals surface area contributed by atoms with Crippen LogP contribution < -0.4 is 20.1 Å². The maximum atomic E-state index is 12.6. The average molecular weight is 510 g/mol. The monoisotopic (exact) mass is 509 g/mol. The van der Waals surface area contributed by atoms with Crippen LogP contribution in [-0.2, 0) is 0 Å². The zero-order valence-corrected chi connectivity index (χ0v) is 21.0. The van der Waals surface area contributed by atoms with Crippen LogP contribution in [0.2, 0.25) is 5.02 Å². The lowest BCUT2D eigenvalue weighted by molar-refractivity contribution is 0.0977. The number of hydrogen-bond donors (Lipinski definition) is 2. The second-order valence-electron chi connectivity index (χ2n) is 7.82. The van der Waals surface area contributed by atoms with Crippen molar-refractivity contribution in [3.8, 4) is 23.0 Å². The van der Waals surface area contributed by atoms with Crippen LogP contribution in [-0.4, -0.2) is 29.2 Å². The van der Waals surface area contributed by atoms with Gasteiger partial charge in [0.25, 0.3) is 5.91 Å². The summed E-state index contributed by atoms with van der Waals surface area (Å²) in [5, 5.41) is 6.32. The zero-order chi connectivity index (χ0) is 24.9. The van der Waals surface area contributed by atoms with E-state index in [2.05, 4.69) is 22.5 Å². The SMILES string of the molecule is CC[C@@H](C)Oc1ccc(C(=O)NC(=S)Nc2ccc3oc(-c4ccc(OC)c(Cl)c4)nc3c2)cc1. The van der Waals surface area contributed by atoms with E-state index in [0.717, 1.165) is 12.0 Å². The Kier molecular flexibility index (Phi) is 7.53. The standard InChI is InChI=1S/C26H24ClN3O4S/c1-4-15(2)33-19-9-5-16(6-10-19)24(31)30-26(35)28-18-8-12-23-21(14-18)29-25(34-23)17-7-11-22(32-3)20(27)13-17/h5-15H,4H2,1-3H3,(H2,28,30,31,35)/t15-/m1/s1. The van der Waals surface area contributed by atoms with Crippen molar-refractivity contribution in [3.05, 3.63) is 71.2 Å². The van der Waals surface area contributed by atoms with Crippen molar-refractivity contribution in [2.75, 3.05) is 12.4 Å². The smallest absolute Gasteiger partial charge is 0.257 e. The van der Waals surface area contributed by atoms with Gasteiger partial charge >= 0.3 is 0 Å². The number of carbonyl (C=O) groups is 1. The first-order valence-electron chi connectivity index (χ1n) is 11.0. The highest BCUT2D eigenvalue weighted by molar-refractivity contribution is 7.80. The third kappa shape index (κ3) is 5.90. The van der Waals surface area contributed by atoms with Crippen LogP contribution in [0.4, 0.5) is 5.69 Å². The van der Waals surface area contributed by atoms with Crippen LogP contribution in [0.3, 0.4) is 0 Å². The van der Waals surface area contributed by atoms with Gasteiger partial charge in [0, 0.05) is 16.8 Å². The van der Waals surface area contributed by atoms with Gasteiger partial charge in [-0.2, -0.15) is 0 Å². The Morgan fingerprint density at radius 1 is 1.14 bits per heavy atom. The maximum Gasteiger partial charge on any atom is 0.257 e. The third-order valence-corrected chi connectivity index (χ3v) is 5.80. The largest absolute Gasteiger partial charge is 0.495 e. The summed E-state index contributed by atoms with van der Waals surface area (Å²) in [4.78, 5) is 17.1. The molecule has 0 saturated carbocycles. The Morgan fingerprint density at radius 3 is 2.60 bits per heavy atom. The number of amides is 1. The number of rotatable bonds is 7. The van der Waals surface area contributed by atoms with E-state index in [1.54, 1.807) is 61.7 Å². The molecule has 0 aliphatic heterocycles. The van der Waals surface area contributed by atoms with Crippen molar-refractivity contribution in [2.45, 2.75) is 26.4 Å². The predicted molar refractivity (Wildman–Crippen MR) is 142 cm³/mol. The third-order valence-electron chi connectivity index (χ3n) is 5.30. The molecule has 0 aliphatic carbocycles. The van der Waals surface area contributed by atoms with E-state index >= 15 is 0 Å².